The molecule has 0 N–H and O–H groups in total. The summed E-state index contributed by atoms with van der Waals surface area (Å²) in [4.78, 5) is 0. The van der Waals surface area contributed by atoms with E-state index in [0.29, 0.717) is 5.76 Å². The Morgan fingerprint density at radius 1 is 1.07 bits per heavy atom. The maximum Gasteiger partial charge on any atom is 0.119 e. The van der Waals surface area contributed by atoms with Gasteiger partial charge < -0.3 is 4.74 Å². The zero-order chi connectivity index (χ0) is 9.97. The molecule has 14 heavy (non-hydrogen) atoms. The highest BCUT2D eigenvalue weighted by molar-refractivity contribution is 5.92. The van der Waals surface area contributed by atoms with Crippen molar-refractivity contribution in [2.75, 3.05) is 7.11 Å². The highest BCUT2D eigenvalue weighted by Crippen LogP contribution is 2.23. The third-order valence-electron chi connectivity index (χ3n) is 2.34. The number of hydrogen-bond donors (Lipinski definition) is 0. The summed E-state index contributed by atoms with van der Waals surface area (Å²) in [6.07, 6.45) is 0. The minimum absolute atomic E-state index is 0.710. The number of hydrogen-bond acceptors (Lipinski definition) is 1. The standard InChI is InChI=1S/C13H12O/c1-10(14-2)12-9-5-7-11-6-3-4-8-13(11)12/h3-9H,1H2,2H3. The first-order chi connectivity index (χ1) is 6.83. The summed E-state index contributed by atoms with van der Waals surface area (Å²) >= 11 is 0. The second-order valence-electron chi connectivity index (χ2n) is 3.15. The van der Waals surface area contributed by atoms with E-state index in [9.17, 15) is 0 Å². The number of rotatable bonds is 2. The van der Waals surface area contributed by atoms with Gasteiger partial charge in [0.25, 0.3) is 0 Å². The maximum atomic E-state index is 5.15. The van der Waals surface area contributed by atoms with E-state index in [2.05, 4.69) is 24.8 Å². The number of benzene rings is 2. The second kappa shape index (κ2) is 3.54. The van der Waals surface area contributed by atoms with E-state index in [1.807, 2.05) is 24.3 Å². The fraction of sp³-hybridized carbons (Fsp3) is 0.0769. The molecule has 0 aliphatic rings. The molecule has 1 nitrogen and oxygen atoms in total. The van der Waals surface area contributed by atoms with E-state index in [0.717, 1.165) is 5.56 Å². The molecule has 70 valence electrons. The van der Waals surface area contributed by atoms with E-state index in [1.165, 1.54) is 10.8 Å². The normalized spacial score (nSPS) is 10.1. The summed E-state index contributed by atoms with van der Waals surface area (Å²) in [6.45, 7) is 3.87. The van der Waals surface area contributed by atoms with Crippen LogP contribution in [0.25, 0.3) is 16.5 Å². The van der Waals surface area contributed by atoms with E-state index in [-0.39, 0.29) is 0 Å². The lowest BCUT2D eigenvalue weighted by atomic mass is 10.0. The molecule has 2 rings (SSSR count). The fourth-order valence-electron chi connectivity index (χ4n) is 1.58. The fourth-order valence-corrected chi connectivity index (χ4v) is 1.58. The van der Waals surface area contributed by atoms with Crippen LogP contribution in [-0.2, 0) is 4.74 Å². The Balaban J connectivity index is 2.71. The van der Waals surface area contributed by atoms with Gasteiger partial charge in [0.05, 0.1) is 7.11 Å². The van der Waals surface area contributed by atoms with Crippen LogP contribution in [0.1, 0.15) is 5.56 Å². The summed E-state index contributed by atoms with van der Waals surface area (Å²) in [6, 6.07) is 14.3. The van der Waals surface area contributed by atoms with E-state index >= 15 is 0 Å². The average molecular weight is 184 g/mol. The quantitative estimate of drug-likeness (QED) is 0.649. The largest absolute Gasteiger partial charge is 0.497 e. The molecule has 1 heteroatoms. The first-order valence-corrected chi connectivity index (χ1v) is 4.54. The van der Waals surface area contributed by atoms with Crippen LogP contribution in [-0.4, -0.2) is 7.11 Å². The second-order valence-corrected chi connectivity index (χ2v) is 3.15. The zero-order valence-electron chi connectivity index (χ0n) is 8.16. The van der Waals surface area contributed by atoms with Crippen LogP contribution in [0.5, 0.6) is 0 Å². The van der Waals surface area contributed by atoms with Crippen LogP contribution in [0.2, 0.25) is 0 Å². The van der Waals surface area contributed by atoms with E-state index in [4.69, 9.17) is 4.74 Å². The van der Waals surface area contributed by atoms with Crippen LogP contribution in [0.15, 0.2) is 49.0 Å². The number of methoxy groups -OCH3 is 1. The van der Waals surface area contributed by atoms with Crippen molar-refractivity contribution in [1.29, 1.82) is 0 Å². The Hall–Kier alpha value is -1.76. The van der Waals surface area contributed by atoms with Gasteiger partial charge in [-0.3, -0.25) is 0 Å². The topological polar surface area (TPSA) is 9.23 Å². The van der Waals surface area contributed by atoms with Crippen molar-refractivity contribution in [2.24, 2.45) is 0 Å². The van der Waals surface area contributed by atoms with Crippen LogP contribution < -0.4 is 0 Å². The smallest absolute Gasteiger partial charge is 0.119 e. The molecule has 0 spiro atoms. The average Bonchev–Trinajstić information content (AvgIpc) is 2.27. The molecular weight excluding hydrogens is 172 g/mol. The highest BCUT2D eigenvalue weighted by Gasteiger charge is 2.02. The SMILES string of the molecule is C=C(OC)c1cccc2ccccc12. The molecular formula is C13H12O. The molecule has 0 atom stereocenters. The van der Waals surface area contributed by atoms with Gasteiger partial charge in [-0.05, 0) is 10.8 Å². The van der Waals surface area contributed by atoms with Gasteiger partial charge in [0.1, 0.15) is 5.76 Å². The van der Waals surface area contributed by atoms with Gasteiger partial charge in [-0.25, -0.2) is 0 Å². The Morgan fingerprint density at radius 2 is 1.79 bits per heavy atom. The van der Waals surface area contributed by atoms with Gasteiger partial charge in [-0.2, -0.15) is 0 Å². The first kappa shape index (κ1) is 8.82. The molecule has 0 radical (unpaired) electrons. The van der Waals surface area contributed by atoms with Crippen molar-refractivity contribution < 1.29 is 4.74 Å². The zero-order valence-corrected chi connectivity index (χ0v) is 8.16. The van der Waals surface area contributed by atoms with Crippen LogP contribution in [0.4, 0.5) is 0 Å². The van der Waals surface area contributed by atoms with Crippen molar-refractivity contribution in [3.05, 3.63) is 54.6 Å². The molecule has 0 aliphatic carbocycles. The minimum atomic E-state index is 0.710. The van der Waals surface area contributed by atoms with Crippen LogP contribution in [0.3, 0.4) is 0 Å². The van der Waals surface area contributed by atoms with Crippen molar-refractivity contribution in [3.8, 4) is 0 Å². The van der Waals surface area contributed by atoms with E-state index in [1.54, 1.807) is 7.11 Å². The predicted octanol–water partition coefficient (Wildman–Crippen LogP) is 3.46. The number of fused-ring (bicyclic) bond motifs is 1. The van der Waals surface area contributed by atoms with Crippen LogP contribution in [0, 0.1) is 0 Å². The lowest BCUT2D eigenvalue weighted by Gasteiger charge is -2.07. The van der Waals surface area contributed by atoms with Crippen molar-refractivity contribution in [1.82, 2.24) is 0 Å². The van der Waals surface area contributed by atoms with Gasteiger partial charge in [-0.15, -0.1) is 0 Å². The monoisotopic (exact) mass is 184 g/mol. The van der Waals surface area contributed by atoms with Crippen molar-refractivity contribution >= 4 is 16.5 Å². The molecule has 0 aromatic heterocycles. The summed E-state index contributed by atoms with van der Waals surface area (Å²) < 4.78 is 5.15. The summed E-state index contributed by atoms with van der Waals surface area (Å²) in [5.41, 5.74) is 1.06. The molecule has 0 heterocycles. The Bertz CT molecular complexity index is 466. The first-order valence-electron chi connectivity index (χ1n) is 4.54. The predicted molar refractivity (Wildman–Crippen MR) is 60.0 cm³/mol. The molecule has 0 fully saturated rings. The van der Waals surface area contributed by atoms with Gasteiger partial charge in [0.2, 0.25) is 0 Å². The summed E-state index contributed by atoms with van der Waals surface area (Å²) in [5.74, 6) is 0.710. The molecule has 0 aliphatic heterocycles. The lowest BCUT2D eigenvalue weighted by Crippen LogP contribution is -1.86. The summed E-state index contributed by atoms with van der Waals surface area (Å²) in [5, 5.41) is 2.39. The Labute approximate surface area is 83.6 Å². The van der Waals surface area contributed by atoms with Crippen molar-refractivity contribution in [2.45, 2.75) is 0 Å². The van der Waals surface area contributed by atoms with Gasteiger partial charge in [-0.1, -0.05) is 49.0 Å². The molecule has 2 aromatic rings. The molecule has 2 aromatic carbocycles. The third-order valence-corrected chi connectivity index (χ3v) is 2.34. The molecule has 0 amide bonds. The highest BCUT2D eigenvalue weighted by atomic mass is 16.5. The van der Waals surface area contributed by atoms with Crippen LogP contribution >= 0.6 is 0 Å². The van der Waals surface area contributed by atoms with Crippen molar-refractivity contribution in [3.63, 3.8) is 0 Å². The molecule has 0 unspecified atom stereocenters. The van der Waals surface area contributed by atoms with Gasteiger partial charge >= 0.3 is 0 Å². The molecule has 0 saturated heterocycles. The minimum Gasteiger partial charge on any atom is -0.497 e. The Morgan fingerprint density at radius 3 is 2.57 bits per heavy atom. The number of ether oxygens (including phenoxy) is 1. The van der Waals surface area contributed by atoms with Gasteiger partial charge in [0.15, 0.2) is 0 Å². The third kappa shape index (κ3) is 1.37. The maximum absolute atomic E-state index is 5.15. The molecule has 0 saturated carbocycles. The Kier molecular flexibility index (Phi) is 2.23. The lowest BCUT2D eigenvalue weighted by molar-refractivity contribution is 0.372. The van der Waals surface area contributed by atoms with Gasteiger partial charge in [0, 0.05) is 5.56 Å². The summed E-state index contributed by atoms with van der Waals surface area (Å²) in [7, 11) is 1.64. The van der Waals surface area contributed by atoms with E-state index < -0.39 is 0 Å². The molecule has 0 bridgehead atoms.